The number of nitrogens with one attached hydrogen (secondary N) is 1. The Bertz CT molecular complexity index is 268. The number of benzene rings is 1. The summed E-state index contributed by atoms with van der Waals surface area (Å²) in [4.78, 5) is 0. The molecule has 1 aromatic carbocycles. The molecule has 0 saturated carbocycles. The standard InChI is InChI=1S/C13H21NO/c1-4-11(3)15-13-8-6-12(7-9-13)10-14-5-2/h6-9,11,14H,4-5,10H2,1-3H3/t11-/m0/s1. The lowest BCUT2D eigenvalue weighted by molar-refractivity contribution is 0.217. The highest BCUT2D eigenvalue weighted by Gasteiger charge is 2.00. The molecule has 0 bridgehead atoms. The van der Waals surface area contributed by atoms with Crippen LogP contribution in [0.5, 0.6) is 5.75 Å². The zero-order valence-corrected chi connectivity index (χ0v) is 9.92. The molecule has 2 heteroatoms. The van der Waals surface area contributed by atoms with Crippen LogP contribution >= 0.6 is 0 Å². The molecular formula is C13H21NO. The third-order valence-electron chi connectivity index (χ3n) is 2.41. The van der Waals surface area contributed by atoms with Gasteiger partial charge in [0, 0.05) is 6.54 Å². The van der Waals surface area contributed by atoms with Gasteiger partial charge in [0.15, 0.2) is 0 Å². The molecule has 0 saturated heterocycles. The Morgan fingerprint density at radius 2 is 1.87 bits per heavy atom. The van der Waals surface area contributed by atoms with E-state index in [0.717, 1.165) is 25.3 Å². The topological polar surface area (TPSA) is 21.3 Å². The van der Waals surface area contributed by atoms with Gasteiger partial charge in [0.1, 0.15) is 5.75 Å². The Morgan fingerprint density at radius 1 is 1.20 bits per heavy atom. The van der Waals surface area contributed by atoms with Crippen molar-refractivity contribution in [1.82, 2.24) is 5.32 Å². The first-order valence-corrected chi connectivity index (χ1v) is 5.72. The molecule has 84 valence electrons. The molecule has 0 spiro atoms. The van der Waals surface area contributed by atoms with E-state index < -0.39 is 0 Å². The van der Waals surface area contributed by atoms with Crippen molar-refractivity contribution in [3.63, 3.8) is 0 Å². The Hall–Kier alpha value is -1.02. The normalized spacial score (nSPS) is 12.5. The van der Waals surface area contributed by atoms with E-state index in [1.165, 1.54) is 5.56 Å². The summed E-state index contributed by atoms with van der Waals surface area (Å²) in [5, 5.41) is 3.30. The summed E-state index contributed by atoms with van der Waals surface area (Å²) in [6, 6.07) is 8.30. The smallest absolute Gasteiger partial charge is 0.119 e. The molecule has 0 heterocycles. The Labute approximate surface area is 92.6 Å². The van der Waals surface area contributed by atoms with Crippen molar-refractivity contribution < 1.29 is 4.74 Å². The molecule has 0 fully saturated rings. The van der Waals surface area contributed by atoms with E-state index in [9.17, 15) is 0 Å². The first-order valence-electron chi connectivity index (χ1n) is 5.72. The van der Waals surface area contributed by atoms with Crippen LogP contribution in [0.4, 0.5) is 0 Å². The quantitative estimate of drug-likeness (QED) is 0.774. The molecule has 0 unspecified atom stereocenters. The molecule has 15 heavy (non-hydrogen) atoms. The van der Waals surface area contributed by atoms with Crippen LogP contribution in [0.25, 0.3) is 0 Å². The van der Waals surface area contributed by atoms with Gasteiger partial charge in [-0.15, -0.1) is 0 Å². The lowest BCUT2D eigenvalue weighted by Crippen LogP contribution is -2.12. The van der Waals surface area contributed by atoms with Gasteiger partial charge in [-0.25, -0.2) is 0 Å². The van der Waals surface area contributed by atoms with E-state index in [1.807, 2.05) is 12.1 Å². The first-order chi connectivity index (χ1) is 7.26. The maximum atomic E-state index is 5.70. The largest absolute Gasteiger partial charge is 0.491 e. The summed E-state index contributed by atoms with van der Waals surface area (Å²) >= 11 is 0. The van der Waals surface area contributed by atoms with Crippen LogP contribution in [-0.4, -0.2) is 12.6 Å². The predicted octanol–water partition coefficient (Wildman–Crippen LogP) is 2.97. The van der Waals surface area contributed by atoms with Gasteiger partial charge < -0.3 is 10.1 Å². The Balaban J connectivity index is 2.48. The third-order valence-corrected chi connectivity index (χ3v) is 2.41. The number of ether oxygens (including phenoxy) is 1. The summed E-state index contributed by atoms with van der Waals surface area (Å²) in [5.74, 6) is 0.963. The van der Waals surface area contributed by atoms with E-state index in [0.29, 0.717) is 6.10 Å². The van der Waals surface area contributed by atoms with Crippen molar-refractivity contribution >= 4 is 0 Å². The second kappa shape index (κ2) is 6.46. The van der Waals surface area contributed by atoms with Crippen LogP contribution < -0.4 is 10.1 Å². The summed E-state index contributed by atoms with van der Waals surface area (Å²) in [6.45, 7) is 8.27. The van der Waals surface area contributed by atoms with Crippen LogP contribution in [0.1, 0.15) is 32.8 Å². The first kappa shape index (κ1) is 12.1. The molecule has 0 aliphatic heterocycles. The fourth-order valence-electron chi connectivity index (χ4n) is 1.27. The lowest BCUT2D eigenvalue weighted by atomic mass is 10.2. The monoisotopic (exact) mass is 207 g/mol. The van der Waals surface area contributed by atoms with Gasteiger partial charge in [-0.1, -0.05) is 26.0 Å². The third kappa shape index (κ3) is 4.34. The number of hydrogen-bond donors (Lipinski definition) is 1. The summed E-state index contributed by atoms with van der Waals surface area (Å²) < 4.78 is 5.70. The van der Waals surface area contributed by atoms with Crippen LogP contribution in [-0.2, 0) is 6.54 Å². The SMILES string of the molecule is CCNCc1ccc(O[C@@H](C)CC)cc1. The van der Waals surface area contributed by atoms with Crippen LogP contribution in [0.15, 0.2) is 24.3 Å². The van der Waals surface area contributed by atoms with Gasteiger partial charge in [0.25, 0.3) is 0 Å². The molecule has 1 rings (SSSR count). The molecule has 1 N–H and O–H groups in total. The van der Waals surface area contributed by atoms with Crippen LogP contribution in [0.3, 0.4) is 0 Å². The van der Waals surface area contributed by atoms with Crippen molar-refractivity contribution in [3.05, 3.63) is 29.8 Å². The minimum atomic E-state index is 0.296. The fraction of sp³-hybridized carbons (Fsp3) is 0.538. The van der Waals surface area contributed by atoms with Gasteiger partial charge in [-0.2, -0.15) is 0 Å². The molecule has 1 atom stereocenters. The van der Waals surface area contributed by atoms with Crippen molar-refractivity contribution in [3.8, 4) is 5.75 Å². The Morgan fingerprint density at radius 3 is 2.40 bits per heavy atom. The van der Waals surface area contributed by atoms with Gasteiger partial charge in [-0.3, -0.25) is 0 Å². The highest BCUT2D eigenvalue weighted by atomic mass is 16.5. The predicted molar refractivity (Wildman–Crippen MR) is 64.2 cm³/mol. The minimum absolute atomic E-state index is 0.296. The van der Waals surface area contributed by atoms with Gasteiger partial charge in [0.2, 0.25) is 0 Å². The molecule has 0 aliphatic rings. The highest BCUT2D eigenvalue weighted by molar-refractivity contribution is 5.27. The highest BCUT2D eigenvalue weighted by Crippen LogP contribution is 2.14. The van der Waals surface area contributed by atoms with E-state index in [4.69, 9.17) is 4.74 Å². The summed E-state index contributed by atoms with van der Waals surface area (Å²) in [5.41, 5.74) is 1.30. The number of hydrogen-bond acceptors (Lipinski definition) is 2. The zero-order chi connectivity index (χ0) is 11.1. The molecule has 1 aromatic rings. The molecule has 0 aliphatic carbocycles. The number of rotatable bonds is 6. The van der Waals surface area contributed by atoms with E-state index in [1.54, 1.807) is 0 Å². The molecule has 0 aromatic heterocycles. The van der Waals surface area contributed by atoms with Crippen molar-refractivity contribution in [2.45, 2.75) is 39.8 Å². The van der Waals surface area contributed by atoms with E-state index in [-0.39, 0.29) is 0 Å². The second-order valence-corrected chi connectivity index (χ2v) is 3.76. The zero-order valence-electron chi connectivity index (χ0n) is 9.92. The lowest BCUT2D eigenvalue weighted by Gasteiger charge is -2.12. The van der Waals surface area contributed by atoms with Crippen molar-refractivity contribution in [1.29, 1.82) is 0 Å². The molecular weight excluding hydrogens is 186 g/mol. The van der Waals surface area contributed by atoms with Crippen molar-refractivity contribution in [2.75, 3.05) is 6.54 Å². The van der Waals surface area contributed by atoms with Crippen LogP contribution in [0, 0.1) is 0 Å². The maximum absolute atomic E-state index is 5.70. The Kier molecular flexibility index (Phi) is 5.19. The minimum Gasteiger partial charge on any atom is -0.491 e. The maximum Gasteiger partial charge on any atom is 0.119 e. The van der Waals surface area contributed by atoms with Gasteiger partial charge >= 0.3 is 0 Å². The average molecular weight is 207 g/mol. The van der Waals surface area contributed by atoms with Gasteiger partial charge in [-0.05, 0) is 37.6 Å². The van der Waals surface area contributed by atoms with E-state index in [2.05, 4.69) is 38.2 Å². The van der Waals surface area contributed by atoms with Crippen molar-refractivity contribution in [2.24, 2.45) is 0 Å². The van der Waals surface area contributed by atoms with E-state index >= 15 is 0 Å². The fourth-order valence-corrected chi connectivity index (χ4v) is 1.27. The summed E-state index contributed by atoms with van der Waals surface area (Å²) in [7, 11) is 0. The van der Waals surface area contributed by atoms with Crippen LogP contribution in [0.2, 0.25) is 0 Å². The summed E-state index contributed by atoms with van der Waals surface area (Å²) in [6.07, 6.45) is 1.34. The van der Waals surface area contributed by atoms with Gasteiger partial charge in [0.05, 0.1) is 6.10 Å². The second-order valence-electron chi connectivity index (χ2n) is 3.76. The average Bonchev–Trinajstić information content (AvgIpc) is 2.28. The molecule has 0 amide bonds. The molecule has 0 radical (unpaired) electrons. The molecule has 2 nitrogen and oxygen atoms in total.